The molecule has 1 aromatic carbocycles. The average molecular weight is 459 g/mol. The van der Waals surface area contributed by atoms with E-state index in [9.17, 15) is 0 Å². The van der Waals surface area contributed by atoms with Crippen LogP contribution in [0.5, 0.6) is 11.5 Å². The van der Waals surface area contributed by atoms with Crippen molar-refractivity contribution in [1.29, 1.82) is 0 Å². The van der Waals surface area contributed by atoms with Gasteiger partial charge in [-0.05, 0) is 55.4 Å². The van der Waals surface area contributed by atoms with Crippen molar-refractivity contribution in [1.82, 2.24) is 0 Å². The van der Waals surface area contributed by atoms with Gasteiger partial charge in [-0.25, -0.2) is 0 Å². The van der Waals surface area contributed by atoms with Crippen molar-refractivity contribution < 1.29 is 9.47 Å². The summed E-state index contributed by atoms with van der Waals surface area (Å²) in [4.78, 5) is 0. The minimum absolute atomic E-state index is 0.828. The van der Waals surface area contributed by atoms with E-state index in [0.29, 0.717) is 0 Å². The second kappa shape index (κ2) is 19.2. The molecule has 0 bridgehead atoms. The number of ether oxygens (including phenoxy) is 2. The molecule has 0 spiro atoms. The summed E-state index contributed by atoms with van der Waals surface area (Å²) >= 11 is 0. The highest BCUT2D eigenvalue weighted by Gasteiger charge is 2.20. The molecule has 1 saturated carbocycles. The first-order valence-corrected chi connectivity index (χ1v) is 14.7. The molecule has 190 valence electrons. The van der Waals surface area contributed by atoms with Gasteiger partial charge in [-0.2, -0.15) is 0 Å². The van der Waals surface area contributed by atoms with Crippen LogP contribution in [0.15, 0.2) is 24.3 Å². The maximum Gasteiger partial charge on any atom is 0.119 e. The van der Waals surface area contributed by atoms with E-state index in [1.807, 2.05) is 0 Å². The highest BCUT2D eigenvalue weighted by atomic mass is 16.5. The summed E-state index contributed by atoms with van der Waals surface area (Å²) in [5.41, 5.74) is 0. The van der Waals surface area contributed by atoms with Gasteiger partial charge in [-0.3, -0.25) is 0 Å². The van der Waals surface area contributed by atoms with Crippen LogP contribution >= 0.6 is 0 Å². The molecule has 2 heteroatoms. The Bertz CT molecular complexity index is 545. The Morgan fingerprint density at radius 3 is 1.42 bits per heavy atom. The van der Waals surface area contributed by atoms with E-state index in [1.54, 1.807) is 0 Å². The monoisotopic (exact) mass is 458 g/mol. The number of benzene rings is 1. The van der Waals surface area contributed by atoms with Gasteiger partial charge in [0.1, 0.15) is 11.5 Å². The summed E-state index contributed by atoms with van der Waals surface area (Å²) in [5, 5.41) is 0. The van der Waals surface area contributed by atoms with Gasteiger partial charge in [0.05, 0.1) is 13.2 Å². The Hall–Kier alpha value is -1.18. The topological polar surface area (TPSA) is 18.5 Å². The van der Waals surface area contributed by atoms with E-state index in [4.69, 9.17) is 9.47 Å². The van der Waals surface area contributed by atoms with Crippen LogP contribution in [-0.4, -0.2) is 13.2 Å². The van der Waals surface area contributed by atoms with Gasteiger partial charge in [0, 0.05) is 0 Å². The Labute approximate surface area is 206 Å². The minimum Gasteiger partial charge on any atom is -0.494 e. The van der Waals surface area contributed by atoms with E-state index in [2.05, 4.69) is 38.1 Å². The lowest BCUT2D eigenvalue weighted by Gasteiger charge is -2.28. The fourth-order valence-electron chi connectivity index (χ4n) is 5.29. The Morgan fingerprint density at radius 2 is 0.909 bits per heavy atom. The van der Waals surface area contributed by atoms with Crippen LogP contribution in [0, 0.1) is 11.8 Å². The molecule has 0 radical (unpaired) electrons. The fraction of sp³-hybridized carbons (Fsp3) is 0.806. The van der Waals surface area contributed by atoms with Crippen LogP contribution in [0.1, 0.15) is 136 Å². The first kappa shape index (κ1) is 28.1. The molecule has 0 atom stereocenters. The lowest BCUT2D eigenvalue weighted by atomic mass is 9.78. The molecule has 0 aliphatic heterocycles. The van der Waals surface area contributed by atoms with Gasteiger partial charge in [0.25, 0.3) is 0 Å². The van der Waals surface area contributed by atoms with Crippen LogP contribution < -0.4 is 9.47 Å². The lowest BCUT2D eigenvalue weighted by molar-refractivity contribution is 0.228. The predicted octanol–water partition coefficient (Wildman–Crippen LogP) is 10.1. The molecule has 1 aromatic rings. The van der Waals surface area contributed by atoms with E-state index < -0.39 is 0 Å². The third-order valence-electron chi connectivity index (χ3n) is 7.55. The van der Waals surface area contributed by atoms with Gasteiger partial charge in [-0.1, -0.05) is 117 Å². The zero-order valence-corrected chi connectivity index (χ0v) is 22.1. The Kier molecular flexibility index (Phi) is 16.3. The standard InChI is InChI=1S/C31H54O2/c1-3-5-7-9-10-12-14-26-32-30-22-24-31(25-23-30)33-27-15-17-29-20-18-28(19-21-29)16-13-11-8-6-4-2/h22-25,28-29H,3-21,26-27H2,1-2H3/t28-,29-. The second-order valence-electron chi connectivity index (χ2n) is 10.5. The maximum atomic E-state index is 5.99. The Morgan fingerprint density at radius 1 is 0.515 bits per heavy atom. The smallest absolute Gasteiger partial charge is 0.119 e. The summed E-state index contributed by atoms with van der Waals surface area (Å²) in [6.07, 6.45) is 26.2. The van der Waals surface area contributed by atoms with E-state index in [0.717, 1.165) is 43.0 Å². The SMILES string of the molecule is CCCCCCCCCOc1ccc(OCCC[C@H]2CC[C@H](CCCCCCC)CC2)cc1. The van der Waals surface area contributed by atoms with Crippen molar-refractivity contribution in [3.8, 4) is 11.5 Å². The predicted molar refractivity (Wildman–Crippen MR) is 143 cm³/mol. The van der Waals surface area contributed by atoms with Crippen molar-refractivity contribution in [3.05, 3.63) is 24.3 Å². The number of hydrogen-bond acceptors (Lipinski definition) is 2. The van der Waals surface area contributed by atoms with Gasteiger partial charge in [-0.15, -0.1) is 0 Å². The van der Waals surface area contributed by atoms with Crippen molar-refractivity contribution in [3.63, 3.8) is 0 Å². The quantitative estimate of drug-likeness (QED) is 0.181. The van der Waals surface area contributed by atoms with Crippen molar-refractivity contribution in [2.75, 3.05) is 13.2 Å². The van der Waals surface area contributed by atoms with Crippen LogP contribution in [-0.2, 0) is 0 Å². The summed E-state index contributed by atoms with van der Waals surface area (Å²) in [6, 6.07) is 8.23. The third kappa shape index (κ3) is 14.0. The lowest BCUT2D eigenvalue weighted by Crippen LogP contribution is -2.15. The molecule has 0 unspecified atom stereocenters. The summed E-state index contributed by atoms with van der Waals surface area (Å²) < 4.78 is 11.9. The second-order valence-corrected chi connectivity index (χ2v) is 10.5. The molecular weight excluding hydrogens is 404 g/mol. The molecule has 2 rings (SSSR count). The minimum atomic E-state index is 0.828. The molecule has 0 saturated heterocycles. The highest BCUT2D eigenvalue weighted by Crippen LogP contribution is 2.34. The first-order chi connectivity index (χ1) is 16.3. The molecule has 0 aromatic heterocycles. The summed E-state index contributed by atoms with van der Waals surface area (Å²) in [5.74, 6) is 3.90. The third-order valence-corrected chi connectivity index (χ3v) is 7.55. The van der Waals surface area contributed by atoms with Crippen molar-refractivity contribution in [2.24, 2.45) is 11.8 Å². The highest BCUT2D eigenvalue weighted by molar-refractivity contribution is 5.31. The van der Waals surface area contributed by atoms with Gasteiger partial charge in [0.2, 0.25) is 0 Å². The van der Waals surface area contributed by atoms with E-state index >= 15 is 0 Å². The molecule has 0 N–H and O–H groups in total. The van der Waals surface area contributed by atoms with Crippen LogP contribution in [0.25, 0.3) is 0 Å². The first-order valence-electron chi connectivity index (χ1n) is 14.7. The summed E-state index contributed by atoms with van der Waals surface area (Å²) in [7, 11) is 0. The van der Waals surface area contributed by atoms with Crippen LogP contribution in [0.3, 0.4) is 0 Å². The van der Waals surface area contributed by atoms with Gasteiger partial charge < -0.3 is 9.47 Å². The van der Waals surface area contributed by atoms with Gasteiger partial charge >= 0.3 is 0 Å². The molecule has 1 fully saturated rings. The zero-order chi connectivity index (χ0) is 23.4. The molecule has 0 heterocycles. The normalized spacial score (nSPS) is 18.4. The fourth-order valence-corrected chi connectivity index (χ4v) is 5.29. The van der Waals surface area contributed by atoms with Crippen LogP contribution in [0.2, 0.25) is 0 Å². The van der Waals surface area contributed by atoms with E-state index in [1.165, 1.54) is 116 Å². The molecule has 0 amide bonds. The molecular formula is C31H54O2. The van der Waals surface area contributed by atoms with E-state index in [-0.39, 0.29) is 0 Å². The Balaban J connectivity index is 1.44. The zero-order valence-electron chi connectivity index (χ0n) is 22.1. The van der Waals surface area contributed by atoms with Crippen molar-refractivity contribution in [2.45, 2.75) is 136 Å². The average Bonchev–Trinajstić information content (AvgIpc) is 2.85. The maximum absolute atomic E-state index is 5.99. The molecule has 1 aliphatic carbocycles. The number of hydrogen-bond donors (Lipinski definition) is 0. The summed E-state index contributed by atoms with van der Waals surface area (Å²) in [6.45, 7) is 6.24. The van der Waals surface area contributed by atoms with Crippen LogP contribution in [0.4, 0.5) is 0 Å². The van der Waals surface area contributed by atoms with Crippen molar-refractivity contribution >= 4 is 0 Å². The molecule has 2 nitrogen and oxygen atoms in total. The molecule has 33 heavy (non-hydrogen) atoms. The van der Waals surface area contributed by atoms with Gasteiger partial charge in [0.15, 0.2) is 0 Å². The number of unbranched alkanes of at least 4 members (excludes halogenated alkanes) is 10. The number of rotatable bonds is 20. The molecule has 1 aliphatic rings. The largest absolute Gasteiger partial charge is 0.494 e.